The van der Waals surface area contributed by atoms with E-state index in [4.69, 9.17) is 33.7 Å². The Morgan fingerprint density at radius 1 is 1.48 bits per heavy atom. The predicted molar refractivity (Wildman–Crippen MR) is 86.0 cm³/mol. The van der Waals surface area contributed by atoms with Crippen LogP contribution in [0.15, 0.2) is 12.1 Å². The first-order chi connectivity index (χ1) is 9.97. The van der Waals surface area contributed by atoms with Gasteiger partial charge in [-0.1, -0.05) is 23.2 Å². The number of nitrogens with two attached hydrogens (primary N) is 1. The van der Waals surface area contributed by atoms with Crippen molar-refractivity contribution in [1.29, 1.82) is 0 Å². The summed E-state index contributed by atoms with van der Waals surface area (Å²) in [6.07, 6.45) is 1.37. The average Bonchev–Trinajstić information content (AvgIpc) is 2.94. The Bertz CT molecular complexity index is 496. The van der Waals surface area contributed by atoms with Crippen molar-refractivity contribution in [2.24, 2.45) is 0 Å². The topological polar surface area (TPSA) is 67.6 Å². The second-order valence-electron chi connectivity index (χ2n) is 5.16. The number of benzene rings is 1. The summed E-state index contributed by atoms with van der Waals surface area (Å²) in [6, 6.07) is 3.51. The van der Waals surface area contributed by atoms with Gasteiger partial charge >= 0.3 is 0 Å². The van der Waals surface area contributed by atoms with Crippen LogP contribution in [0.1, 0.15) is 12.8 Å². The van der Waals surface area contributed by atoms with Crippen molar-refractivity contribution in [2.75, 3.05) is 37.9 Å². The number of ether oxygens (including phenoxy) is 1. The Kier molecular flexibility index (Phi) is 5.70. The molecule has 1 aromatic rings. The minimum absolute atomic E-state index is 0.130. The highest BCUT2D eigenvalue weighted by Gasteiger charge is 2.20. The van der Waals surface area contributed by atoms with Gasteiger partial charge in [0.15, 0.2) is 0 Å². The van der Waals surface area contributed by atoms with Crippen LogP contribution in [0.4, 0.5) is 11.4 Å². The standard InChI is InChI=1S/C14H19Cl2N3O2/c1-19(10-3-5-21-8-10)4-2-13(20)18-14-11(15)6-9(17)7-12(14)16/h6-7,10H,2-5,8,17H2,1H3,(H,18,20). The molecule has 116 valence electrons. The maximum atomic E-state index is 12.0. The number of carbonyl (C=O) groups is 1. The fraction of sp³-hybridized carbons (Fsp3) is 0.500. The maximum Gasteiger partial charge on any atom is 0.225 e. The van der Waals surface area contributed by atoms with Gasteiger partial charge in [-0.3, -0.25) is 4.79 Å². The molecule has 0 aromatic heterocycles. The molecule has 1 fully saturated rings. The Morgan fingerprint density at radius 2 is 2.14 bits per heavy atom. The highest BCUT2D eigenvalue weighted by molar-refractivity contribution is 6.40. The summed E-state index contributed by atoms with van der Waals surface area (Å²) in [5.41, 5.74) is 6.50. The van der Waals surface area contributed by atoms with Gasteiger partial charge in [-0.25, -0.2) is 0 Å². The molecule has 1 aliphatic heterocycles. The third-order valence-corrected chi connectivity index (χ3v) is 4.15. The number of hydrogen-bond donors (Lipinski definition) is 2. The number of nitrogens with one attached hydrogen (secondary N) is 1. The van der Waals surface area contributed by atoms with Gasteiger partial charge in [0, 0.05) is 31.3 Å². The summed E-state index contributed by atoms with van der Waals surface area (Å²) in [4.78, 5) is 14.1. The van der Waals surface area contributed by atoms with Crippen LogP contribution >= 0.6 is 23.2 Å². The lowest BCUT2D eigenvalue weighted by molar-refractivity contribution is -0.116. The number of carbonyl (C=O) groups excluding carboxylic acids is 1. The van der Waals surface area contributed by atoms with E-state index >= 15 is 0 Å². The number of likely N-dealkylation sites (N-methyl/N-ethyl adjacent to an activating group) is 1. The summed E-state index contributed by atoms with van der Waals surface area (Å²) < 4.78 is 5.33. The van der Waals surface area contributed by atoms with Crippen molar-refractivity contribution in [2.45, 2.75) is 18.9 Å². The molecule has 5 nitrogen and oxygen atoms in total. The second kappa shape index (κ2) is 7.31. The molecule has 1 aromatic carbocycles. The van der Waals surface area contributed by atoms with Gasteiger partial charge in [-0.15, -0.1) is 0 Å². The van der Waals surface area contributed by atoms with Gasteiger partial charge in [0.05, 0.1) is 22.3 Å². The van der Waals surface area contributed by atoms with E-state index in [1.807, 2.05) is 7.05 Å². The van der Waals surface area contributed by atoms with Crippen LogP contribution in [0.5, 0.6) is 0 Å². The zero-order chi connectivity index (χ0) is 15.4. The number of hydrogen-bond acceptors (Lipinski definition) is 4. The van der Waals surface area contributed by atoms with Gasteiger partial charge in [0.25, 0.3) is 0 Å². The number of amides is 1. The molecule has 21 heavy (non-hydrogen) atoms. The molecule has 1 heterocycles. The summed E-state index contributed by atoms with van der Waals surface area (Å²) in [5.74, 6) is -0.130. The van der Waals surface area contributed by atoms with E-state index in [0.717, 1.165) is 19.6 Å². The summed E-state index contributed by atoms with van der Waals surface area (Å²) in [7, 11) is 2.00. The van der Waals surface area contributed by atoms with Crippen molar-refractivity contribution in [3.05, 3.63) is 22.2 Å². The van der Waals surface area contributed by atoms with E-state index in [1.54, 1.807) is 12.1 Å². The number of rotatable bonds is 5. The van der Waals surface area contributed by atoms with E-state index in [-0.39, 0.29) is 5.91 Å². The molecule has 0 aliphatic carbocycles. The summed E-state index contributed by atoms with van der Waals surface area (Å²) in [5, 5.41) is 3.41. The third-order valence-electron chi connectivity index (χ3n) is 3.55. The van der Waals surface area contributed by atoms with E-state index in [2.05, 4.69) is 10.2 Å². The van der Waals surface area contributed by atoms with Crippen LogP contribution in [0, 0.1) is 0 Å². The van der Waals surface area contributed by atoms with Gasteiger partial charge in [-0.05, 0) is 25.6 Å². The van der Waals surface area contributed by atoms with E-state index in [0.29, 0.717) is 40.4 Å². The predicted octanol–water partition coefficient (Wildman–Crippen LogP) is 2.62. The molecular weight excluding hydrogens is 313 g/mol. The smallest absolute Gasteiger partial charge is 0.225 e. The zero-order valence-electron chi connectivity index (χ0n) is 11.9. The van der Waals surface area contributed by atoms with Crippen LogP contribution < -0.4 is 11.1 Å². The van der Waals surface area contributed by atoms with Crippen LogP contribution in [-0.4, -0.2) is 43.7 Å². The molecule has 1 amide bonds. The molecule has 0 bridgehead atoms. The van der Waals surface area contributed by atoms with Crippen LogP contribution in [0.3, 0.4) is 0 Å². The maximum absolute atomic E-state index is 12.0. The van der Waals surface area contributed by atoms with E-state index < -0.39 is 0 Å². The molecule has 1 saturated heterocycles. The highest BCUT2D eigenvalue weighted by Crippen LogP contribution is 2.32. The molecule has 3 N–H and O–H groups in total. The van der Waals surface area contributed by atoms with Gasteiger partial charge < -0.3 is 20.7 Å². The molecule has 2 rings (SSSR count). The number of halogens is 2. The molecule has 0 saturated carbocycles. The normalized spacial score (nSPS) is 18.2. The SMILES string of the molecule is CN(CCC(=O)Nc1c(Cl)cc(N)cc1Cl)C1CCOC1. The van der Waals surface area contributed by atoms with E-state index in [9.17, 15) is 4.79 Å². The lowest BCUT2D eigenvalue weighted by atomic mass is 10.2. The lowest BCUT2D eigenvalue weighted by Gasteiger charge is -2.22. The summed E-state index contributed by atoms with van der Waals surface area (Å²) >= 11 is 12.1. The molecule has 1 unspecified atom stereocenters. The van der Waals surface area contributed by atoms with Crippen molar-refractivity contribution in [1.82, 2.24) is 4.90 Å². The number of nitrogens with zero attached hydrogens (tertiary/aromatic N) is 1. The first-order valence-corrected chi connectivity index (χ1v) is 7.55. The molecule has 7 heteroatoms. The Labute approximate surface area is 134 Å². The number of nitrogen functional groups attached to an aromatic ring is 1. The number of anilines is 2. The Morgan fingerprint density at radius 3 is 2.71 bits per heavy atom. The molecule has 0 radical (unpaired) electrons. The quantitative estimate of drug-likeness (QED) is 0.814. The molecular formula is C14H19Cl2N3O2. The second-order valence-corrected chi connectivity index (χ2v) is 5.97. The zero-order valence-corrected chi connectivity index (χ0v) is 13.4. The first kappa shape index (κ1) is 16.4. The molecule has 1 atom stereocenters. The minimum atomic E-state index is -0.130. The van der Waals surface area contributed by atoms with Crippen molar-refractivity contribution < 1.29 is 9.53 Å². The lowest BCUT2D eigenvalue weighted by Crippen LogP contribution is -2.34. The monoisotopic (exact) mass is 331 g/mol. The first-order valence-electron chi connectivity index (χ1n) is 6.79. The fourth-order valence-electron chi connectivity index (χ4n) is 2.24. The Balaban J connectivity index is 1.87. The van der Waals surface area contributed by atoms with E-state index in [1.165, 1.54) is 0 Å². The largest absolute Gasteiger partial charge is 0.399 e. The van der Waals surface area contributed by atoms with Crippen molar-refractivity contribution in [3.63, 3.8) is 0 Å². The van der Waals surface area contributed by atoms with Crippen LogP contribution in [0.2, 0.25) is 10.0 Å². The minimum Gasteiger partial charge on any atom is -0.399 e. The highest BCUT2D eigenvalue weighted by atomic mass is 35.5. The van der Waals surface area contributed by atoms with Gasteiger partial charge in [0.2, 0.25) is 5.91 Å². The van der Waals surface area contributed by atoms with Gasteiger partial charge in [-0.2, -0.15) is 0 Å². The van der Waals surface area contributed by atoms with Crippen molar-refractivity contribution in [3.8, 4) is 0 Å². The van der Waals surface area contributed by atoms with Crippen LogP contribution in [-0.2, 0) is 9.53 Å². The molecule has 0 spiro atoms. The fourth-order valence-corrected chi connectivity index (χ4v) is 2.84. The van der Waals surface area contributed by atoms with Crippen molar-refractivity contribution >= 4 is 40.5 Å². The van der Waals surface area contributed by atoms with Gasteiger partial charge in [0.1, 0.15) is 0 Å². The Hall–Kier alpha value is -1.01. The molecule has 1 aliphatic rings. The third kappa shape index (κ3) is 4.48. The summed E-state index contributed by atoms with van der Waals surface area (Å²) in [6.45, 7) is 2.18. The average molecular weight is 332 g/mol. The van der Waals surface area contributed by atoms with Crippen LogP contribution in [0.25, 0.3) is 0 Å².